The van der Waals surface area contributed by atoms with Crippen LogP contribution < -0.4 is 10.0 Å². The molecule has 7 nitrogen and oxygen atoms in total. The van der Waals surface area contributed by atoms with Crippen molar-refractivity contribution in [3.8, 4) is 0 Å². The molecule has 0 bridgehead atoms. The molecule has 0 aromatic rings. The third-order valence-electron chi connectivity index (χ3n) is 4.09. The van der Waals surface area contributed by atoms with Gasteiger partial charge < -0.3 is 10.2 Å². The van der Waals surface area contributed by atoms with Crippen LogP contribution in [0.4, 0.5) is 0 Å². The number of hydrogen-bond donors (Lipinski definition) is 2. The van der Waals surface area contributed by atoms with Crippen LogP contribution in [-0.4, -0.2) is 81.2 Å². The standard InChI is InChI=1S/C13H26N4O3S/c1-13(2,15-21(3,19)20)12(18)17-7-4-11(10-17)16-8-5-14-6-9-16/h11,14-15H,4-10H2,1-3H3. The lowest BCUT2D eigenvalue weighted by Gasteiger charge is -2.33. The summed E-state index contributed by atoms with van der Waals surface area (Å²) in [7, 11) is -3.41. The summed E-state index contributed by atoms with van der Waals surface area (Å²) in [6.07, 6.45) is 2.04. The SMILES string of the molecule is CC(C)(NS(C)(=O)=O)C(=O)N1CCC(N2CCNCC2)C1. The molecule has 8 heteroatoms. The zero-order valence-corrected chi connectivity index (χ0v) is 13.9. The fraction of sp³-hybridized carbons (Fsp3) is 0.923. The molecule has 0 aromatic carbocycles. The lowest BCUT2D eigenvalue weighted by atomic mass is 10.1. The molecular formula is C13H26N4O3S. The third kappa shape index (κ3) is 4.38. The Balaban J connectivity index is 1.95. The third-order valence-corrected chi connectivity index (χ3v) is 4.97. The molecule has 1 amide bonds. The lowest BCUT2D eigenvalue weighted by Crippen LogP contribution is -2.56. The molecule has 2 fully saturated rings. The predicted octanol–water partition coefficient (Wildman–Crippen LogP) is -1.18. The first kappa shape index (κ1) is 16.7. The first-order valence-electron chi connectivity index (χ1n) is 7.42. The number of sulfonamides is 1. The largest absolute Gasteiger partial charge is 0.339 e. The molecule has 2 aliphatic rings. The van der Waals surface area contributed by atoms with E-state index in [1.165, 1.54) is 0 Å². The normalized spacial score (nSPS) is 25.3. The summed E-state index contributed by atoms with van der Waals surface area (Å²) in [6.45, 7) is 8.63. The van der Waals surface area contributed by atoms with Gasteiger partial charge >= 0.3 is 0 Å². The second kappa shape index (κ2) is 6.20. The molecule has 1 atom stereocenters. The van der Waals surface area contributed by atoms with Crippen LogP contribution in [0.3, 0.4) is 0 Å². The second-order valence-corrected chi connectivity index (χ2v) is 8.23. The van der Waals surface area contributed by atoms with Crippen molar-refractivity contribution in [2.45, 2.75) is 31.8 Å². The number of carbonyl (C=O) groups is 1. The fourth-order valence-electron chi connectivity index (χ4n) is 3.17. The number of nitrogens with zero attached hydrogens (tertiary/aromatic N) is 2. The smallest absolute Gasteiger partial charge is 0.243 e. The lowest BCUT2D eigenvalue weighted by molar-refractivity contribution is -0.135. The Morgan fingerprint density at radius 3 is 2.43 bits per heavy atom. The van der Waals surface area contributed by atoms with Gasteiger partial charge in [-0.1, -0.05) is 0 Å². The van der Waals surface area contributed by atoms with Crippen LogP contribution in [0.25, 0.3) is 0 Å². The molecule has 2 aliphatic heterocycles. The van der Waals surface area contributed by atoms with Crippen LogP contribution in [0, 0.1) is 0 Å². The monoisotopic (exact) mass is 318 g/mol. The Labute approximate surface area is 127 Å². The molecule has 1 unspecified atom stereocenters. The molecule has 0 saturated carbocycles. The number of hydrogen-bond acceptors (Lipinski definition) is 5. The van der Waals surface area contributed by atoms with Crippen molar-refractivity contribution < 1.29 is 13.2 Å². The van der Waals surface area contributed by atoms with Gasteiger partial charge in [0.2, 0.25) is 15.9 Å². The maximum Gasteiger partial charge on any atom is 0.243 e. The van der Waals surface area contributed by atoms with E-state index in [4.69, 9.17) is 0 Å². The molecule has 2 saturated heterocycles. The number of nitrogens with one attached hydrogen (secondary N) is 2. The highest BCUT2D eigenvalue weighted by molar-refractivity contribution is 7.88. The van der Waals surface area contributed by atoms with E-state index in [0.29, 0.717) is 19.1 Å². The average molecular weight is 318 g/mol. The van der Waals surface area contributed by atoms with Gasteiger partial charge in [0.05, 0.1) is 6.26 Å². The highest BCUT2D eigenvalue weighted by Crippen LogP contribution is 2.20. The highest BCUT2D eigenvalue weighted by Gasteiger charge is 2.39. The fourth-order valence-corrected chi connectivity index (χ4v) is 4.19. The molecule has 0 aliphatic carbocycles. The maximum absolute atomic E-state index is 12.5. The van der Waals surface area contributed by atoms with Gasteiger partial charge in [-0.05, 0) is 20.3 Å². The van der Waals surface area contributed by atoms with E-state index < -0.39 is 15.6 Å². The van der Waals surface area contributed by atoms with Crippen molar-refractivity contribution in [2.75, 3.05) is 45.5 Å². The van der Waals surface area contributed by atoms with Crippen LogP contribution in [0.1, 0.15) is 20.3 Å². The summed E-state index contributed by atoms with van der Waals surface area (Å²) in [5.41, 5.74) is -1.09. The van der Waals surface area contributed by atoms with Crippen molar-refractivity contribution >= 4 is 15.9 Å². The van der Waals surface area contributed by atoms with Gasteiger partial charge in [0.1, 0.15) is 5.54 Å². The zero-order valence-electron chi connectivity index (χ0n) is 13.1. The summed E-state index contributed by atoms with van der Waals surface area (Å²) < 4.78 is 25.2. The summed E-state index contributed by atoms with van der Waals surface area (Å²) in [6, 6.07) is 0.394. The Morgan fingerprint density at radius 1 is 1.24 bits per heavy atom. The van der Waals surface area contributed by atoms with E-state index in [9.17, 15) is 13.2 Å². The Bertz CT molecular complexity index is 486. The minimum Gasteiger partial charge on any atom is -0.339 e. The van der Waals surface area contributed by atoms with Crippen molar-refractivity contribution in [2.24, 2.45) is 0 Å². The Kier molecular flexibility index (Phi) is 4.92. The van der Waals surface area contributed by atoms with E-state index in [1.54, 1.807) is 18.7 Å². The molecule has 2 N–H and O–H groups in total. The van der Waals surface area contributed by atoms with E-state index >= 15 is 0 Å². The van der Waals surface area contributed by atoms with Crippen LogP contribution in [-0.2, 0) is 14.8 Å². The quantitative estimate of drug-likeness (QED) is 0.682. The number of carbonyl (C=O) groups excluding carboxylic acids is 1. The molecule has 2 rings (SSSR count). The molecule has 2 heterocycles. The first-order valence-corrected chi connectivity index (χ1v) is 9.31. The van der Waals surface area contributed by atoms with E-state index in [0.717, 1.165) is 38.9 Å². The van der Waals surface area contributed by atoms with Gasteiger partial charge in [0, 0.05) is 45.3 Å². The van der Waals surface area contributed by atoms with Gasteiger partial charge in [-0.15, -0.1) is 0 Å². The van der Waals surface area contributed by atoms with Crippen molar-refractivity contribution in [1.82, 2.24) is 19.8 Å². The van der Waals surface area contributed by atoms with Gasteiger partial charge in [0.25, 0.3) is 0 Å². The Morgan fingerprint density at radius 2 is 1.86 bits per heavy atom. The number of rotatable bonds is 4. The van der Waals surface area contributed by atoms with E-state index in [-0.39, 0.29) is 5.91 Å². The van der Waals surface area contributed by atoms with Gasteiger partial charge in [-0.3, -0.25) is 9.69 Å². The topological polar surface area (TPSA) is 81.8 Å². The summed E-state index contributed by atoms with van der Waals surface area (Å²) in [5.74, 6) is -0.148. The average Bonchev–Trinajstić information content (AvgIpc) is 2.85. The van der Waals surface area contributed by atoms with Gasteiger partial charge in [-0.25, -0.2) is 13.1 Å². The van der Waals surface area contributed by atoms with Crippen LogP contribution in [0.2, 0.25) is 0 Å². The van der Waals surface area contributed by atoms with E-state index in [2.05, 4.69) is 14.9 Å². The van der Waals surface area contributed by atoms with E-state index in [1.807, 2.05) is 0 Å². The number of likely N-dealkylation sites (tertiary alicyclic amines) is 1. The number of piperazine rings is 1. The van der Waals surface area contributed by atoms with Crippen molar-refractivity contribution in [3.05, 3.63) is 0 Å². The van der Waals surface area contributed by atoms with Crippen LogP contribution >= 0.6 is 0 Å². The summed E-state index contributed by atoms with van der Waals surface area (Å²) in [4.78, 5) is 16.7. The molecule has 0 aromatic heterocycles. The van der Waals surface area contributed by atoms with Gasteiger partial charge in [0.15, 0.2) is 0 Å². The van der Waals surface area contributed by atoms with Crippen LogP contribution in [0.15, 0.2) is 0 Å². The van der Waals surface area contributed by atoms with Crippen molar-refractivity contribution in [1.29, 1.82) is 0 Å². The molecule has 0 spiro atoms. The molecule has 21 heavy (non-hydrogen) atoms. The molecule has 122 valence electrons. The minimum atomic E-state index is -3.41. The van der Waals surface area contributed by atoms with Gasteiger partial charge in [-0.2, -0.15) is 0 Å². The van der Waals surface area contributed by atoms with Crippen LogP contribution in [0.5, 0.6) is 0 Å². The Hall–Kier alpha value is -0.700. The highest BCUT2D eigenvalue weighted by atomic mass is 32.2. The zero-order chi connectivity index (χ0) is 15.7. The second-order valence-electron chi connectivity index (χ2n) is 6.48. The number of amides is 1. The summed E-state index contributed by atoms with van der Waals surface area (Å²) >= 11 is 0. The maximum atomic E-state index is 12.5. The van der Waals surface area contributed by atoms with Crippen molar-refractivity contribution in [3.63, 3.8) is 0 Å². The summed E-state index contributed by atoms with van der Waals surface area (Å²) in [5, 5.41) is 3.32. The molecule has 0 radical (unpaired) electrons. The minimum absolute atomic E-state index is 0.148. The predicted molar refractivity (Wildman–Crippen MR) is 81.5 cm³/mol. The molecular weight excluding hydrogens is 292 g/mol. The first-order chi connectivity index (χ1) is 9.69.